The Hall–Kier alpha value is -0.430. The van der Waals surface area contributed by atoms with Crippen molar-refractivity contribution < 1.29 is 32.8 Å². The smallest absolute Gasteiger partial charge is 0.268 e. The van der Waals surface area contributed by atoms with Gasteiger partial charge in [0.2, 0.25) is 0 Å². The van der Waals surface area contributed by atoms with Gasteiger partial charge in [0, 0.05) is 0 Å². The number of nitrogens with zero attached hydrogens (tertiary/aromatic N) is 1. The third-order valence-corrected chi connectivity index (χ3v) is 6.61. The van der Waals surface area contributed by atoms with E-state index in [1.165, 1.54) is 83.5 Å². The lowest BCUT2D eigenvalue weighted by Gasteiger charge is -2.27. The van der Waals surface area contributed by atoms with E-state index in [0.717, 1.165) is 12.8 Å². The Bertz CT molecular complexity index is 524. The van der Waals surface area contributed by atoms with E-state index in [9.17, 15) is 14.6 Å². The average Bonchev–Trinajstić information content (AvgIpc) is 2.76. The zero-order chi connectivity index (χ0) is 25.5. The van der Waals surface area contributed by atoms with E-state index < -0.39 is 13.9 Å². The highest BCUT2D eigenvalue weighted by Gasteiger charge is 2.15. The molecule has 0 spiro atoms. The van der Waals surface area contributed by atoms with Gasteiger partial charge >= 0.3 is 0 Å². The quantitative estimate of drug-likeness (QED) is 0.0710. The minimum Gasteiger partial charge on any atom is -0.756 e. The van der Waals surface area contributed by atoms with Gasteiger partial charge in [-0.2, -0.15) is 0 Å². The average molecular weight is 508 g/mol. The largest absolute Gasteiger partial charge is 0.756 e. The molecule has 0 aliphatic rings. The molecule has 2 atom stereocenters. The van der Waals surface area contributed by atoms with Crippen LogP contribution in [0.5, 0.6) is 0 Å². The van der Waals surface area contributed by atoms with Crippen LogP contribution in [0.1, 0.15) is 103 Å². The number of unbranched alkanes of at least 4 members (excludes halogenated alkanes) is 14. The molecule has 0 aliphatic heterocycles. The molecule has 0 radical (unpaired) electrons. The summed E-state index contributed by atoms with van der Waals surface area (Å²) in [7, 11) is 1.41. The molecule has 0 fully saturated rings. The number of quaternary nitrogens is 1. The summed E-state index contributed by atoms with van der Waals surface area (Å²) < 4.78 is 27.0. The number of phosphoric ester groups is 1. The van der Waals surface area contributed by atoms with E-state index in [2.05, 4.69) is 6.92 Å². The van der Waals surface area contributed by atoms with Gasteiger partial charge in [-0.1, -0.05) is 90.4 Å². The lowest BCUT2D eigenvalue weighted by Crippen LogP contribution is -2.37. The van der Waals surface area contributed by atoms with Crippen LogP contribution in [0.2, 0.25) is 0 Å². The van der Waals surface area contributed by atoms with Gasteiger partial charge in [0.05, 0.1) is 34.0 Å². The van der Waals surface area contributed by atoms with Crippen LogP contribution in [-0.2, 0) is 18.3 Å². The van der Waals surface area contributed by atoms with Crippen LogP contribution in [0, 0.1) is 0 Å². The number of allylic oxidation sites excluding steroid dienone is 1. The number of likely N-dealkylation sites (N-methyl/N-ethyl adjacent to an activating group) is 1. The van der Waals surface area contributed by atoms with Gasteiger partial charge in [0.15, 0.2) is 0 Å². The SMILES string of the molecule is CCCCCCCCCCCCCCCCC=COC[C@@H](O)COP(=O)([O-])OCC[N+](C)(C)C. The molecule has 0 rings (SSSR count). The molecule has 0 aromatic carbocycles. The molecule has 1 unspecified atom stereocenters. The maximum absolute atomic E-state index is 11.7. The van der Waals surface area contributed by atoms with Crippen molar-refractivity contribution in [1.82, 2.24) is 0 Å². The molecule has 0 amide bonds. The molecule has 7 nitrogen and oxygen atoms in total. The minimum absolute atomic E-state index is 0.0197. The first kappa shape index (κ1) is 33.6. The zero-order valence-corrected chi connectivity index (χ0v) is 23.4. The molecule has 34 heavy (non-hydrogen) atoms. The lowest BCUT2D eigenvalue weighted by molar-refractivity contribution is -0.870. The van der Waals surface area contributed by atoms with Crippen molar-refractivity contribution in [2.75, 3.05) is 47.5 Å². The number of hydrogen-bond acceptors (Lipinski definition) is 6. The Labute approximate surface area is 210 Å². The van der Waals surface area contributed by atoms with Crippen molar-refractivity contribution in [2.24, 2.45) is 0 Å². The van der Waals surface area contributed by atoms with Gasteiger partial charge in [0.25, 0.3) is 7.82 Å². The number of phosphoric acid groups is 1. The second-order valence-electron chi connectivity index (χ2n) is 10.3. The van der Waals surface area contributed by atoms with Crippen LogP contribution < -0.4 is 4.89 Å². The molecule has 0 heterocycles. The van der Waals surface area contributed by atoms with E-state index in [1.54, 1.807) is 6.26 Å². The van der Waals surface area contributed by atoms with Crippen LogP contribution >= 0.6 is 7.82 Å². The zero-order valence-electron chi connectivity index (χ0n) is 22.5. The van der Waals surface area contributed by atoms with Gasteiger partial charge < -0.3 is 28.3 Å². The summed E-state index contributed by atoms with van der Waals surface area (Å²) >= 11 is 0. The van der Waals surface area contributed by atoms with Gasteiger partial charge in [-0.25, -0.2) is 0 Å². The van der Waals surface area contributed by atoms with Crippen LogP contribution in [-0.4, -0.2) is 63.2 Å². The summed E-state index contributed by atoms with van der Waals surface area (Å²) in [5.41, 5.74) is 0. The van der Waals surface area contributed by atoms with E-state index in [1.807, 2.05) is 27.2 Å². The Morgan fingerprint density at radius 3 is 1.82 bits per heavy atom. The summed E-state index contributed by atoms with van der Waals surface area (Å²) in [6.45, 7) is 2.44. The van der Waals surface area contributed by atoms with Crippen molar-refractivity contribution >= 4 is 7.82 Å². The van der Waals surface area contributed by atoms with Crippen molar-refractivity contribution in [3.05, 3.63) is 12.3 Å². The maximum Gasteiger partial charge on any atom is 0.268 e. The molecule has 0 aliphatic carbocycles. The molecule has 204 valence electrons. The number of aliphatic hydroxyl groups excluding tert-OH is 1. The fraction of sp³-hybridized carbons (Fsp3) is 0.923. The standard InChI is InChI=1S/C26H54NO6P/c1-5-6-7-8-9-10-11-12-13-14-15-16-17-18-19-20-22-31-24-26(28)25-33-34(29,30)32-23-21-27(2,3)4/h20,22,26,28H,5-19,21,23-25H2,1-4H3/t26-/m1/s1. The number of aliphatic hydroxyl groups is 1. The predicted molar refractivity (Wildman–Crippen MR) is 138 cm³/mol. The van der Waals surface area contributed by atoms with Crippen molar-refractivity contribution in [3.63, 3.8) is 0 Å². The van der Waals surface area contributed by atoms with E-state index >= 15 is 0 Å². The third-order valence-electron chi connectivity index (χ3n) is 5.64. The molecule has 0 aromatic rings. The monoisotopic (exact) mass is 507 g/mol. The molecule has 8 heteroatoms. The Morgan fingerprint density at radius 1 is 0.824 bits per heavy atom. The molecular formula is C26H54NO6P. The van der Waals surface area contributed by atoms with Gasteiger partial charge in [-0.3, -0.25) is 4.57 Å². The van der Waals surface area contributed by atoms with Gasteiger partial charge in [-0.15, -0.1) is 0 Å². The minimum atomic E-state index is -4.40. The van der Waals surface area contributed by atoms with Crippen LogP contribution in [0.25, 0.3) is 0 Å². The second kappa shape index (κ2) is 21.8. The lowest BCUT2D eigenvalue weighted by atomic mass is 10.0. The highest BCUT2D eigenvalue weighted by atomic mass is 31.2. The van der Waals surface area contributed by atoms with Gasteiger partial charge in [0.1, 0.15) is 25.9 Å². The first-order valence-corrected chi connectivity index (χ1v) is 15.0. The third kappa shape index (κ3) is 26.2. The summed E-state index contributed by atoms with van der Waals surface area (Å²) in [5.74, 6) is 0. The number of ether oxygens (including phenoxy) is 1. The topological polar surface area (TPSA) is 88.0 Å². The molecule has 0 saturated heterocycles. The van der Waals surface area contributed by atoms with Crippen molar-refractivity contribution in [2.45, 2.75) is 109 Å². The Kier molecular flexibility index (Phi) is 21.5. The molecule has 0 bridgehead atoms. The van der Waals surface area contributed by atoms with Crippen LogP contribution in [0.4, 0.5) is 0 Å². The van der Waals surface area contributed by atoms with Crippen LogP contribution in [0.3, 0.4) is 0 Å². The van der Waals surface area contributed by atoms with E-state index in [-0.39, 0.29) is 19.8 Å². The molecule has 0 aromatic heterocycles. The highest BCUT2D eigenvalue weighted by molar-refractivity contribution is 7.45. The Balaban J connectivity index is 3.46. The van der Waals surface area contributed by atoms with E-state index in [4.69, 9.17) is 13.8 Å². The number of hydrogen-bond donors (Lipinski definition) is 1. The highest BCUT2D eigenvalue weighted by Crippen LogP contribution is 2.38. The normalized spacial score (nSPS) is 15.0. The molecular weight excluding hydrogens is 453 g/mol. The number of rotatable bonds is 25. The summed E-state index contributed by atoms with van der Waals surface area (Å²) in [5, 5.41) is 9.80. The predicted octanol–water partition coefficient (Wildman–Crippen LogP) is 5.96. The first-order valence-electron chi connectivity index (χ1n) is 13.5. The summed E-state index contributed by atoms with van der Waals surface area (Å²) in [6.07, 6.45) is 22.3. The second-order valence-corrected chi connectivity index (χ2v) is 11.7. The van der Waals surface area contributed by atoms with Crippen LogP contribution in [0.15, 0.2) is 12.3 Å². The fourth-order valence-electron chi connectivity index (χ4n) is 3.45. The Morgan fingerprint density at radius 2 is 1.32 bits per heavy atom. The van der Waals surface area contributed by atoms with Gasteiger partial charge in [-0.05, 0) is 18.9 Å². The summed E-state index contributed by atoms with van der Waals surface area (Å²) in [4.78, 5) is 11.7. The molecule has 1 N–H and O–H groups in total. The van der Waals surface area contributed by atoms with Crippen molar-refractivity contribution in [1.29, 1.82) is 0 Å². The maximum atomic E-state index is 11.7. The summed E-state index contributed by atoms with van der Waals surface area (Å²) in [6, 6.07) is 0. The fourth-order valence-corrected chi connectivity index (χ4v) is 4.18. The molecule has 0 saturated carbocycles. The van der Waals surface area contributed by atoms with Crippen molar-refractivity contribution in [3.8, 4) is 0 Å². The van der Waals surface area contributed by atoms with E-state index in [0.29, 0.717) is 11.0 Å². The first-order chi connectivity index (χ1) is 16.2.